The van der Waals surface area contributed by atoms with Crippen LogP contribution in [0.3, 0.4) is 0 Å². The van der Waals surface area contributed by atoms with Gasteiger partial charge in [-0.2, -0.15) is 0 Å². The molecule has 0 radical (unpaired) electrons. The van der Waals surface area contributed by atoms with Gasteiger partial charge >= 0.3 is 0 Å². The lowest BCUT2D eigenvalue weighted by atomic mass is 9.94. The van der Waals surface area contributed by atoms with Crippen LogP contribution in [0, 0.1) is 0 Å². The number of rotatable bonds is 6. The van der Waals surface area contributed by atoms with Gasteiger partial charge in [-0.15, -0.1) is 11.3 Å². The van der Waals surface area contributed by atoms with Crippen LogP contribution in [-0.2, 0) is 17.8 Å². The molecule has 0 unspecified atom stereocenters. The van der Waals surface area contributed by atoms with Crippen LogP contribution in [0.2, 0.25) is 0 Å². The summed E-state index contributed by atoms with van der Waals surface area (Å²) in [5.74, 6) is 0.196. The number of nitrogens with zero attached hydrogens (tertiary/aromatic N) is 4. The van der Waals surface area contributed by atoms with Crippen molar-refractivity contribution in [1.29, 1.82) is 0 Å². The maximum atomic E-state index is 12.7. The molecule has 1 saturated carbocycles. The Morgan fingerprint density at radius 1 is 1.10 bits per heavy atom. The lowest BCUT2D eigenvalue weighted by Gasteiger charge is -2.32. The number of carbonyl (C=O) groups excluding carboxylic acids is 1. The molecule has 30 heavy (non-hydrogen) atoms. The minimum Gasteiger partial charge on any atom is -0.342 e. The van der Waals surface area contributed by atoms with Crippen LogP contribution in [0.15, 0.2) is 29.6 Å². The Labute approximate surface area is 184 Å². The zero-order chi connectivity index (χ0) is 20.9. The van der Waals surface area contributed by atoms with Crippen molar-refractivity contribution >= 4 is 17.2 Å². The molecule has 4 rings (SSSR count). The summed E-state index contributed by atoms with van der Waals surface area (Å²) in [7, 11) is 4.15. The highest BCUT2D eigenvalue weighted by atomic mass is 32.1. The van der Waals surface area contributed by atoms with Gasteiger partial charge in [-0.1, -0.05) is 43.5 Å². The lowest BCUT2D eigenvalue weighted by molar-refractivity contribution is -0.131. The number of carbonyl (C=O) groups is 1. The van der Waals surface area contributed by atoms with Gasteiger partial charge in [-0.3, -0.25) is 9.69 Å². The number of amides is 1. The maximum Gasteiger partial charge on any atom is 0.228 e. The van der Waals surface area contributed by atoms with Crippen LogP contribution >= 0.6 is 11.3 Å². The SMILES string of the molecule is CN1CCN(Cc2ccc(-c3nc(CC(=O)N(C)C4CCCCC4)cs3)cc2)CC1. The molecule has 5 nitrogen and oxygen atoms in total. The summed E-state index contributed by atoms with van der Waals surface area (Å²) >= 11 is 1.64. The molecule has 0 spiro atoms. The average molecular weight is 427 g/mol. The highest BCUT2D eigenvalue weighted by Crippen LogP contribution is 2.26. The van der Waals surface area contributed by atoms with Crippen molar-refractivity contribution in [3.8, 4) is 10.6 Å². The fraction of sp³-hybridized carbons (Fsp3) is 0.583. The summed E-state index contributed by atoms with van der Waals surface area (Å²) in [6.45, 7) is 5.58. The molecule has 1 amide bonds. The largest absolute Gasteiger partial charge is 0.342 e. The first-order chi connectivity index (χ1) is 14.6. The summed E-state index contributed by atoms with van der Waals surface area (Å²) in [5.41, 5.74) is 3.38. The van der Waals surface area contributed by atoms with Gasteiger partial charge < -0.3 is 9.80 Å². The van der Waals surface area contributed by atoms with Crippen molar-refractivity contribution in [2.75, 3.05) is 40.3 Å². The summed E-state index contributed by atoms with van der Waals surface area (Å²) < 4.78 is 0. The average Bonchev–Trinajstić information content (AvgIpc) is 3.24. The monoisotopic (exact) mass is 426 g/mol. The molecule has 1 aromatic carbocycles. The van der Waals surface area contributed by atoms with Crippen molar-refractivity contribution in [3.05, 3.63) is 40.9 Å². The van der Waals surface area contributed by atoms with Crippen LogP contribution in [0.1, 0.15) is 43.4 Å². The van der Waals surface area contributed by atoms with E-state index in [1.807, 2.05) is 17.3 Å². The second kappa shape index (κ2) is 10.0. The zero-order valence-electron chi connectivity index (χ0n) is 18.3. The van der Waals surface area contributed by atoms with Crippen molar-refractivity contribution < 1.29 is 4.79 Å². The molecule has 162 valence electrons. The number of benzene rings is 1. The molecule has 0 bridgehead atoms. The van der Waals surface area contributed by atoms with Gasteiger partial charge in [0.25, 0.3) is 0 Å². The molecule has 1 saturated heterocycles. The van der Waals surface area contributed by atoms with Crippen LogP contribution in [0.4, 0.5) is 0 Å². The van der Waals surface area contributed by atoms with E-state index in [4.69, 9.17) is 4.98 Å². The lowest BCUT2D eigenvalue weighted by Crippen LogP contribution is -2.43. The Bertz CT molecular complexity index is 820. The van der Waals surface area contributed by atoms with E-state index in [9.17, 15) is 4.79 Å². The fourth-order valence-corrected chi connectivity index (χ4v) is 5.32. The van der Waals surface area contributed by atoms with Crippen molar-refractivity contribution in [2.45, 2.75) is 51.1 Å². The van der Waals surface area contributed by atoms with Crippen LogP contribution in [-0.4, -0.2) is 71.9 Å². The van der Waals surface area contributed by atoms with Gasteiger partial charge in [-0.25, -0.2) is 4.98 Å². The van der Waals surface area contributed by atoms with Gasteiger partial charge in [-0.05, 0) is 25.5 Å². The van der Waals surface area contributed by atoms with Crippen LogP contribution in [0.25, 0.3) is 10.6 Å². The Kier molecular flexibility index (Phi) is 7.18. The van der Waals surface area contributed by atoms with E-state index < -0.39 is 0 Å². The molecular weight excluding hydrogens is 392 g/mol. The van der Waals surface area contributed by atoms with Gasteiger partial charge in [0.15, 0.2) is 0 Å². The number of hydrogen-bond donors (Lipinski definition) is 0. The highest BCUT2D eigenvalue weighted by Gasteiger charge is 2.22. The fourth-order valence-electron chi connectivity index (χ4n) is 4.49. The van der Waals surface area contributed by atoms with E-state index in [-0.39, 0.29) is 5.91 Å². The van der Waals surface area contributed by atoms with Gasteiger partial charge in [0.1, 0.15) is 5.01 Å². The predicted molar refractivity (Wildman–Crippen MR) is 124 cm³/mol. The van der Waals surface area contributed by atoms with Crippen LogP contribution in [0.5, 0.6) is 0 Å². The van der Waals surface area contributed by atoms with Crippen LogP contribution < -0.4 is 0 Å². The second-order valence-electron chi connectivity index (χ2n) is 8.89. The quantitative estimate of drug-likeness (QED) is 0.703. The molecule has 6 heteroatoms. The molecule has 1 aliphatic carbocycles. The standard InChI is InChI=1S/C24H34N4OS/c1-26-12-14-28(15-13-26)17-19-8-10-20(11-9-19)24-25-21(18-30-24)16-23(29)27(2)22-6-4-3-5-7-22/h8-11,18,22H,3-7,12-17H2,1-2H3. The smallest absolute Gasteiger partial charge is 0.228 e. The molecule has 2 heterocycles. The van der Waals surface area contributed by atoms with Gasteiger partial charge in [0, 0.05) is 56.8 Å². The van der Waals surface area contributed by atoms with E-state index in [1.54, 1.807) is 11.3 Å². The molecule has 1 aromatic heterocycles. The first kappa shape index (κ1) is 21.5. The molecule has 0 atom stereocenters. The number of likely N-dealkylation sites (N-methyl/N-ethyl adjacent to an activating group) is 2. The third-order valence-corrected chi connectivity index (χ3v) is 7.54. The van der Waals surface area contributed by atoms with Gasteiger partial charge in [0.2, 0.25) is 5.91 Å². The number of thiazole rings is 1. The van der Waals surface area contributed by atoms with Crippen molar-refractivity contribution in [1.82, 2.24) is 19.7 Å². The minimum atomic E-state index is 0.196. The third kappa shape index (κ3) is 5.48. The highest BCUT2D eigenvalue weighted by molar-refractivity contribution is 7.13. The third-order valence-electron chi connectivity index (χ3n) is 6.60. The van der Waals surface area contributed by atoms with Crippen molar-refractivity contribution in [2.24, 2.45) is 0 Å². The first-order valence-corrected chi connectivity index (χ1v) is 12.2. The van der Waals surface area contributed by atoms with Gasteiger partial charge in [0.05, 0.1) is 12.1 Å². The number of piperazine rings is 1. The van der Waals surface area contributed by atoms with E-state index in [1.165, 1.54) is 24.8 Å². The maximum absolute atomic E-state index is 12.7. The summed E-state index contributed by atoms with van der Waals surface area (Å²) in [6.07, 6.45) is 6.49. The first-order valence-electron chi connectivity index (χ1n) is 11.3. The Balaban J connectivity index is 1.32. The number of hydrogen-bond acceptors (Lipinski definition) is 5. The van der Waals surface area contributed by atoms with E-state index >= 15 is 0 Å². The Morgan fingerprint density at radius 3 is 2.50 bits per heavy atom. The number of aromatic nitrogens is 1. The molecule has 2 fully saturated rings. The van der Waals surface area contributed by atoms with E-state index in [2.05, 4.69) is 41.1 Å². The van der Waals surface area contributed by atoms with E-state index in [0.29, 0.717) is 12.5 Å². The predicted octanol–water partition coefficient (Wildman–Crippen LogP) is 3.89. The topological polar surface area (TPSA) is 39.7 Å². The van der Waals surface area contributed by atoms with Crippen molar-refractivity contribution in [3.63, 3.8) is 0 Å². The normalized spacial score (nSPS) is 19.1. The Morgan fingerprint density at radius 2 is 1.80 bits per heavy atom. The second-order valence-corrected chi connectivity index (χ2v) is 9.75. The molecular formula is C24H34N4OS. The zero-order valence-corrected chi connectivity index (χ0v) is 19.2. The molecule has 1 aliphatic heterocycles. The minimum absolute atomic E-state index is 0.196. The summed E-state index contributed by atoms with van der Waals surface area (Å²) in [5, 5.41) is 3.05. The van der Waals surface area contributed by atoms with E-state index in [0.717, 1.165) is 61.8 Å². The summed E-state index contributed by atoms with van der Waals surface area (Å²) in [4.78, 5) is 24.3. The molecule has 0 N–H and O–H groups in total. The summed E-state index contributed by atoms with van der Waals surface area (Å²) in [6, 6.07) is 9.19. The Hall–Kier alpha value is -1.76. The molecule has 2 aliphatic rings. The molecule has 2 aromatic rings.